The minimum Gasteiger partial charge on any atom is -0.380 e. The van der Waals surface area contributed by atoms with E-state index in [1.807, 2.05) is 41.3 Å². The van der Waals surface area contributed by atoms with Gasteiger partial charge in [-0.15, -0.1) is 0 Å². The number of methoxy groups -OCH3 is 1. The normalized spacial score (nSPS) is 17.0. The van der Waals surface area contributed by atoms with Gasteiger partial charge < -0.3 is 9.64 Å². The van der Waals surface area contributed by atoms with Crippen molar-refractivity contribution in [2.24, 2.45) is 0 Å². The molecular weight excluding hydrogens is 338 g/mol. The van der Waals surface area contributed by atoms with E-state index in [1.54, 1.807) is 7.11 Å². The maximum Gasteiger partial charge on any atom is 0.253 e. The quantitative estimate of drug-likeness (QED) is 0.824. The van der Waals surface area contributed by atoms with E-state index in [0.29, 0.717) is 23.4 Å². The number of rotatable bonds is 4. The van der Waals surface area contributed by atoms with Crippen molar-refractivity contribution >= 4 is 5.91 Å². The summed E-state index contributed by atoms with van der Waals surface area (Å²) in [5.41, 5.74) is 3.65. The van der Waals surface area contributed by atoms with Crippen molar-refractivity contribution in [2.45, 2.75) is 38.7 Å². The van der Waals surface area contributed by atoms with E-state index in [0.717, 1.165) is 30.6 Å². The summed E-state index contributed by atoms with van der Waals surface area (Å²) in [6.45, 7) is 5.54. The number of hydrogen-bond acceptors (Lipinski definition) is 4. The number of likely N-dealkylation sites (tertiary alicyclic amines) is 1. The van der Waals surface area contributed by atoms with Gasteiger partial charge in [0.25, 0.3) is 5.91 Å². The highest BCUT2D eigenvalue weighted by atomic mass is 16.5. The Kier molecular flexibility index (Phi) is 5.88. The molecule has 27 heavy (non-hydrogen) atoms. The zero-order valence-corrected chi connectivity index (χ0v) is 16.1. The SMILES string of the molecule is CO[C@H]1CCCN(C(=O)c2ccc(-c3nc(C(C)C)ccc3C#N)cc2)C1. The van der Waals surface area contributed by atoms with Crippen molar-refractivity contribution in [3.05, 3.63) is 53.2 Å². The molecule has 0 unspecified atom stereocenters. The molecule has 0 N–H and O–H groups in total. The van der Waals surface area contributed by atoms with E-state index in [-0.39, 0.29) is 17.9 Å². The summed E-state index contributed by atoms with van der Waals surface area (Å²) in [5, 5.41) is 9.41. The van der Waals surface area contributed by atoms with Crippen LogP contribution in [-0.2, 0) is 4.74 Å². The highest BCUT2D eigenvalue weighted by molar-refractivity contribution is 5.94. The number of ether oxygens (including phenoxy) is 1. The van der Waals surface area contributed by atoms with Crippen molar-refractivity contribution in [3.8, 4) is 17.3 Å². The van der Waals surface area contributed by atoms with Crippen molar-refractivity contribution in [3.63, 3.8) is 0 Å². The fourth-order valence-electron chi connectivity index (χ4n) is 3.37. The molecule has 1 aromatic heterocycles. The summed E-state index contributed by atoms with van der Waals surface area (Å²) in [4.78, 5) is 19.3. The fraction of sp³-hybridized carbons (Fsp3) is 0.409. The topological polar surface area (TPSA) is 66.2 Å². The molecule has 1 atom stereocenters. The van der Waals surface area contributed by atoms with Crippen molar-refractivity contribution in [1.82, 2.24) is 9.88 Å². The standard InChI is InChI=1S/C22H25N3O2/c1-15(2)20-11-10-18(13-23)21(24-20)16-6-8-17(9-7-16)22(26)25-12-4-5-19(14-25)27-3/h6-11,15,19H,4-5,12,14H2,1-3H3/t19-/m0/s1. The summed E-state index contributed by atoms with van der Waals surface area (Å²) in [5.74, 6) is 0.304. The van der Waals surface area contributed by atoms with Crippen LogP contribution in [0.5, 0.6) is 0 Å². The summed E-state index contributed by atoms with van der Waals surface area (Å²) in [6, 6.07) is 13.3. The summed E-state index contributed by atoms with van der Waals surface area (Å²) < 4.78 is 5.41. The van der Waals surface area contributed by atoms with Crippen LogP contribution in [0.25, 0.3) is 11.3 Å². The molecule has 5 nitrogen and oxygen atoms in total. The zero-order valence-electron chi connectivity index (χ0n) is 16.1. The van der Waals surface area contributed by atoms with Gasteiger partial charge in [-0.2, -0.15) is 5.26 Å². The van der Waals surface area contributed by atoms with Crippen LogP contribution in [0.4, 0.5) is 0 Å². The van der Waals surface area contributed by atoms with Crippen molar-refractivity contribution in [1.29, 1.82) is 5.26 Å². The predicted molar refractivity (Wildman–Crippen MR) is 104 cm³/mol. The molecule has 5 heteroatoms. The maximum atomic E-state index is 12.8. The lowest BCUT2D eigenvalue weighted by Gasteiger charge is -2.32. The lowest BCUT2D eigenvalue weighted by molar-refractivity contribution is 0.0269. The van der Waals surface area contributed by atoms with Gasteiger partial charge in [0.1, 0.15) is 6.07 Å². The van der Waals surface area contributed by atoms with Crippen LogP contribution in [0.2, 0.25) is 0 Å². The van der Waals surface area contributed by atoms with Gasteiger partial charge in [-0.1, -0.05) is 26.0 Å². The van der Waals surface area contributed by atoms with E-state index in [4.69, 9.17) is 4.74 Å². The summed E-state index contributed by atoms with van der Waals surface area (Å²) in [6.07, 6.45) is 2.07. The molecule has 140 valence electrons. The Morgan fingerprint density at radius 3 is 2.63 bits per heavy atom. The molecule has 0 bridgehead atoms. The largest absolute Gasteiger partial charge is 0.380 e. The Morgan fingerprint density at radius 2 is 2.00 bits per heavy atom. The number of nitrogens with zero attached hydrogens (tertiary/aromatic N) is 3. The third-order valence-electron chi connectivity index (χ3n) is 5.03. The first-order valence-electron chi connectivity index (χ1n) is 9.37. The fourth-order valence-corrected chi connectivity index (χ4v) is 3.37. The molecular formula is C22H25N3O2. The summed E-state index contributed by atoms with van der Waals surface area (Å²) in [7, 11) is 1.69. The van der Waals surface area contributed by atoms with Crippen LogP contribution in [-0.4, -0.2) is 42.1 Å². The monoisotopic (exact) mass is 363 g/mol. The predicted octanol–water partition coefficient (Wildman–Crippen LogP) is 3.99. The van der Waals surface area contributed by atoms with E-state index in [1.165, 1.54) is 0 Å². The second-order valence-electron chi connectivity index (χ2n) is 7.23. The van der Waals surface area contributed by atoms with E-state index < -0.39 is 0 Å². The zero-order chi connectivity index (χ0) is 19.4. The number of amides is 1. The molecule has 1 saturated heterocycles. The number of pyridine rings is 1. The van der Waals surface area contributed by atoms with Crippen LogP contribution >= 0.6 is 0 Å². The second kappa shape index (κ2) is 8.32. The Bertz CT molecular complexity index is 853. The van der Waals surface area contributed by atoms with Gasteiger partial charge >= 0.3 is 0 Å². The number of benzene rings is 1. The van der Waals surface area contributed by atoms with Crippen LogP contribution in [0, 0.1) is 11.3 Å². The van der Waals surface area contributed by atoms with Gasteiger partial charge in [0.05, 0.1) is 17.4 Å². The Balaban J connectivity index is 1.84. The second-order valence-corrected chi connectivity index (χ2v) is 7.23. The maximum absolute atomic E-state index is 12.8. The first kappa shape index (κ1) is 19.1. The van der Waals surface area contributed by atoms with Gasteiger partial charge in [-0.3, -0.25) is 9.78 Å². The van der Waals surface area contributed by atoms with Crippen molar-refractivity contribution in [2.75, 3.05) is 20.2 Å². The molecule has 1 aromatic carbocycles. The molecule has 1 fully saturated rings. The van der Waals surface area contributed by atoms with Gasteiger partial charge in [0.15, 0.2) is 0 Å². The molecule has 1 amide bonds. The number of aromatic nitrogens is 1. The lowest BCUT2D eigenvalue weighted by atomic mass is 10.0. The number of hydrogen-bond donors (Lipinski definition) is 0. The van der Waals surface area contributed by atoms with Gasteiger partial charge in [-0.05, 0) is 43.0 Å². The smallest absolute Gasteiger partial charge is 0.253 e. The summed E-state index contributed by atoms with van der Waals surface area (Å²) >= 11 is 0. The molecule has 0 spiro atoms. The molecule has 1 aliphatic rings. The minimum absolute atomic E-state index is 0.0210. The Morgan fingerprint density at radius 1 is 1.26 bits per heavy atom. The van der Waals surface area contributed by atoms with E-state index in [9.17, 15) is 10.1 Å². The minimum atomic E-state index is 0.0210. The van der Waals surface area contributed by atoms with Crippen molar-refractivity contribution < 1.29 is 9.53 Å². The van der Waals surface area contributed by atoms with Gasteiger partial charge in [-0.25, -0.2) is 0 Å². The average molecular weight is 363 g/mol. The van der Waals surface area contributed by atoms with E-state index >= 15 is 0 Å². The van der Waals surface area contributed by atoms with Crippen LogP contribution in [0.1, 0.15) is 54.2 Å². The number of nitriles is 1. The molecule has 0 radical (unpaired) electrons. The number of piperidine rings is 1. The van der Waals surface area contributed by atoms with Crippen LogP contribution in [0.3, 0.4) is 0 Å². The van der Waals surface area contributed by atoms with Crippen LogP contribution in [0.15, 0.2) is 36.4 Å². The first-order chi connectivity index (χ1) is 13.0. The first-order valence-corrected chi connectivity index (χ1v) is 9.37. The molecule has 0 aliphatic carbocycles. The van der Waals surface area contributed by atoms with Gasteiger partial charge in [0.2, 0.25) is 0 Å². The molecule has 3 rings (SSSR count). The molecule has 1 aliphatic heterocycles. The van der Waals surface area contributed by atoms with Gasteiger partial charge in [0, 0.05) is 37.0 Å². The van der Waals surface area contributed by atoms with Crippen LogP contribution < -0.4 is 0 Å². The third-order valence-corrected chi connectivity index (χ3v) is 5.03. The molecule has 2 aromatic rings. The Labute approximate surface area is 160 Å². The molecule has 0 saturated carbocycles. The average Bonchev–Trinajstić information content (AvgIpc) is 2.72. The van der Waals surface area contributed by atoms with E-state index in [2.05, 4.69) is 24.9 Å². The third kappa shape index (κ3) is 4.17. The number of carbonyl (C=O) groups excluding carboxylic acids is 1. The lowest BCUT2D eigenvalue weighted by Crippen LogP contribution is -2.42. The Hall–Kier alpha value is -2.71. The molecule has 2 heterocycles. The highest BCUT2D eigenvalue weighted by Gasteiger charge is 2.24. The number of carbonyl (C=O) groups is 1. The highest BCUT2D eigenvalue weighted by Crippen LogP contribution is 2.25.